The highest BCUT2D eigenvalue weighted by Crippen LogP contribution is 2.54. The van der Waals surface area contributed by atoms with Crippen LogP contribution in [0.15, 0.2) is 6.07 Å². The molecule has 92 valence electrons. The summed E-state index contributed by atoms with van der Waals surface area (Å²) in [5.74, 6) is 2.56. The van der Waals surface area contributed by atoms with Crippen LogP contribution in [0.5, 0.6) is 0 Å². The summed E-state index contributed by atoms with van der Waals surface area (Å²) in [5.41, 5.74) is 2.16. The van der Waals surface area contributed by atoms with Crippen LogP contribution < -0.4 is 0 Å². The Hall–Kier alpha value is -1.12. The molecular weight excluding hydrogens is 212 g/mol. The van der Waals surface area contributed by atoms with Gasteiger partial charge in [-0.15, -0.1) is 0 Å². The van der Waals surface area contributed by atoms with E-state index in [0.29, 0.717) is 18.1 Å². The molecule has 1 aromatic heterocycles. The summed E-state index contributed by atoms with van der Waals surface area (Å²) >= 11 is 0. The van der Waals surface area contributed by atoms with Gasteiger partial charge in [-0.3, -0.25) is 9.48 Å². The Morgan fingerprint density at radius 3 is 2.71 bits per heavy atom. The molecule has 1 heterocycles. The molecule has 0 aromatic carbocycles. The van der Waals surface area contributed by atoms with Crippen molar-refractivity contribution in [1.82, 2.24) is 9.78 Å². The highest BCUT2D eigenvalue weighted by atomic mass is 16.1. The van der Waals surface area contributed by atoms with Gasteiger partial charge in [0, 0.05) is 25.1 Å². The Bertz CT molecular complexity index is 439. The lowest BCUT2D eigenvalue weighted by Gasteiger charge is -2.10. The van der Waals surface area contributed by atoms with Crippen molar-refractivity contribution in [3.8, 4) is 0 Å². The van der Waals surface area contributed by atoms with Crippen LogP contribution in [-0.2, 0) is 24.7 Å². The largest absolute Gasteiger partial charge is 0.299 e. The van der Waals surface area contributed by atoms with Crippen molar-refractivity contribution in [3.63, 3.8) is 0 Å². The summed E-state index contributed by atoms with van der Waals surface area (Å²) in [6.45, 7) is 2.10. The first kappa shape index (κ1) is 11.0. The van der Waals surface area contributed by atoms with Crippen LogP contribution >= 0.6 is 0 Å². The fourth-order valence-electron chi connectivity index (χ4n) is 3.21. The zero-order valence-corrected chi connectivity index (χ0v) is 10.6. The molecule has 3 nitrogen and oxygen atoms in total. The van der Waals surface area contributed by atoms with E-state index in [1.54, 1.807) is 0 Å². The van der Waals surface area contributed by atoms with E-state index in [9.17, 15) is 4.79 Å². The van der Waals surface area contributed by atoms with Crippen LogP contribution in [0.2, 0.25) is 0 Å². The summed E-state index contributed by atoms with van der Waals surface area (Å²) in [4.78, 5) is 12.2. The van der Waals surface area contributed by atoms with Crippen LogP contribution in [-0.4, -0.2) is 15.6 Å². The quantitative estimate of drug-likeness (QED) is 0.797. The minimum Gasteiger partial charge on any atom is -0.299 e. The number of Topliss-reactive ketones (excluding diaryl/α,β-unsaturated/α-hetero) is 1. The minimum absolute atomic E-state index is 0.346. The monoisotopic (exact) mass is 232 g/mol. The van der Waals surface area contributed by atoms with Gasteiger partial charge in [-0.1, -0.05) is 6.92 Å². The molecule has 3 rings (SSSR count). The molecule has 2 unspecified atom stereocenters. The molecule has 3 heteroatoms. The van der Waals surface area contributed by atoms with E-state index < -0.39 is 0 Å². The van der Waals surface area contributed by atoms with Crippen molar-refractivity contribution in [3.05, 3.63) is 17.5 Å². The average molecular weight is 232 g/mol. The van der Waals surface area contributed by atoms with E-state index in [2.05, 4.69) is 18.1 Å². The third kappa shape index (κ3) is 2.03. The third-order valence-electron chi connectivity index (χ3n) is 4.44. The lowest BCUT2D eigenvalue weighted by Crippen LogP contribution is -2.17. The van der Waals surface area contributed by atoms with E-state index in [1.165, 1.54) is 6.42 Å². The van der Waals surface area contributed by atoms with Crippen LogP contribution in [0.4, 0.5) is 0 Å². The van der Waals surface area contributed by atoms with E-state index in [0.717, 1.165) is 42.5 Å². The van der Waals surface area contributed by atoms with Crippen molar-refractivity contribution < 1.29 is 4.79 Å². The Kier molecular flexibility index (Phi) is 2.57. The number of carbonyl (C=O) groups excluding carboxylic acids is 1. The fourth-order valence-corrected chi connectivity index (χ4v) is 3.21. The molecule has 2 atom stereocenters. The molecule has 0 radical (unpaired) electrons. The Labute approximate surface area is 102 Å². The van der Waals surface area contributed by atoms with E-state index in [-0.39, 0.29) is 0 Å². The summed E-state index contributed by atoms with van der Waals surface area (Å²) in [6, 6.07) is 2.08. The first-order valence-electron chi connectivity index (χ1n) is 6.72. The highest BCUT2D eigenvalue weighted by Gasteiger charge is 2.47. The maximum atomic E-state index is 12.2. The zero-order valence-electron chi connectivity index (χ0n) is 10.6. The molecule has 0 N–H and O–H groups in total. The van der Waals surface area contributed by atoms with Gasteiger partial charge in [-0.2, -0.15) is 5.10 Å². The zero-order chi connectivity index (χ0) is 12.0. The predicted molar refractivity (Wildman–Crippen MR) is 65.6 cm³/mol. The number of hydrogen-bond donors (Lipinski definition) is 0. The maximum Gasteiger partial charge on any atom is 0.141 e. The standard InChI is InChI=1S/C14H20N2O/c1-3-12-7-13(16(2)15-12)8-14(17)11-5-9-4-10(9)6-11/h7,9-11H,3-6,8H2,1-2H3. The van der Waals surface area contributed by atoms with E-state index in [1.807, 2.05) is 11.7 Å². The van der Waals surface area contributed by atoms with Gasteiger partial charge in [0.25, 0.3) is 0 Å². The summed E-state index contributed by atoms with van der Waals surface area (Å²) < 4.78 is 1.87. The van der Waals surface area contributed by atoms with Crippen LogP contribution in [0.1, 0.15) is 37.6 Å². The molecule has 0 spiro atoms. The molecule has 0 saturated heterocycles. The summed E-state index contributed by atoms with van der Waals surface area (Å²) in [6.07, 6.45) is 5.21. The van der Waals surface area contributed by atoms with Crippen LogP contribution in [0.25, 0.3) is 0 Å². The molecule has 2 aliphatic carbocycles. The number of rotatable bonds is 4. The van der Waals surface area contributed by atoms with Crippen molar-refractivity contribution in [2.75, 3.05) is 0 Å². The molecular formula is C14H20N2O. The van der Waals surface area contributed by atoms with Gasteiger partial charge in [-0.05, 0) is 43.6 Å². The number of aromatic nitrogens is 2. The number of aryl methyl sites for hydroxylation is 2. The van der Waals surface area contributed by atoms with Gasteiger partial charge < -0.3 is 0 Å². The minimum atomic E-state index is 0.346. The molecule has 2 aliphatic rings. The molecule has 0 bridgehead atoms. The Morgan fingerprint density at radius 1 is 1.41 bits per heavy atom. The second-order valence-electron chi connectivity index (χ2n) is 5.67. The smallest absolute Gasteiger partial charge is 0.141 e. The van der Waals surface area contributed by atoms with Crippen LogP contribution in [0.3, 0.4) is 0 Å². The van der Waals surface area contributed by atoms with Gasteiger partial charge in [-0.25, -0.2) is 0 Å². The number of ketones is 1. The number of fused-ring (bicyclic) bond motifs is 1. The number of carbonyl (C=O) groups is 1. The number of nitrogens with zero attached hydrogens (tertiary/aromatic N) is 2. The van der Waals surface area contributed by atoms with Gasteiger partial charge in [0.05, 0.1) is 5.69 Å². The third-order valence-corrected chi connectivity index (χ3v) is 4.44. The molecule has 17 heavy (non-hydrogen) atoms. The summed E-state index contributed by atoms with van der Waals surface area (Å²) in [7, 11) is 1.94. The first-order valence-corrected chi connectivity index (χ1v) is 6.72. The lowest BCUT2D eigenvalue weighted by molar-refractivity contribution is -0.122. The van der Waals surface area contributed by atoms with Crippen molar-refractivity contribution >= 4 is 5.78 Å². The lowest BCUT2D eigenvalue weighted by atomic mass is 9.95. The second-order valence-corrected chi connectivity index (χ2v) is 5.67. The molecule has 1 aromatic rings. The van der Waals surface area contributed by atoms with Gasteiger partial charge in [0.1, 0.15) is 5.78 Å². The average Bonchev–Trinajstić information content (AvgIpc) is 2.76. The van der Waals surface area contributed by atoms with Crippen molar-refractivity contribution in [2.45, 2.75) is 39.0 Å². The maximum absolute atomic E-state index is 12.2. The van der Waals surface area contributed by atoms with Crippen molar-refractivity contribution in [2.24, 2.45) is 24.8 Å². The molecule has 0 aliphatic heterocycles. The Morgan fingerprint density at radius 2 is 2.12 bits per heavy atom. The van der Waals surface area contributed by atoms with Gasteiger partial charge in [0.2, 0.25) is 0 Å². The van der Waals surface area contributed by atoms with Crippen molar-refractivity contribution in [1.29, 1.82) is 0 Å². The van der Waals surface area contributed by atoms with E-state index >= 15 is 0 Å². The SMILES string of the molecule is CCc1cc(CC(=O)C2CC3CC3C2)n(C)n1. The summed E-state index contributed by atoms with van der Waals surface area (Å²) in [5, 5.41) is 4.40. The number of hydrogen-bond acceptors (Lipinski definition) is 2. The molecule has 2 saturated carbocycles. The van der Waals surface area contributed by atoms with E-state index in [4.69, 9.17) is 0 Å². The fraction of sp³-hybridized carbons (Fsp3) is 0.714. The molecule has 0 amide bonds. The first-order chi connectivity index (χ1) is 8.17. The predicted octanol–water partition coefficient (Wildman–Crippen LogP) is 2.14. The highest BCUT2D eigenvalue weighted by molar-refractivity contribution is 5.83. The van der Waals surface area contributed by atoms with Gasteiger partial charge in [0.15, 0.2) is 0 Å². The normalized spacial score (nSPS) is 30.4. The Balaban J connectivity index is 1.65. The van der Waals surface area contributed by atoms with Gasteiger partial charge >= 0.3 is 0 Å². The van der Waals surface area contributed by atoms with Crippen LogP contribution in [0, 0.1) is 17.8 Å². The second kappa shape index (κ2) is 3.97. The molecule has 2 fully saturated rings. The topological polar surface area (TPSA) is 34.9 Å².